The lowest BCUT2D eigenvalue weighted by Crippen LogP contribution is -2.30. The van der Waals surface area contributed by atoms with Gasteiger partial charge in [0.25, 0.3) is 5.91 Å². The van der Waals surface area contributed by atoms with Crippen molar-refractivity contribution < 1.29 is 14.7 Å². The maximum atomic E-state index is 11.8. The summed E-state index contributed by atoms with van der Waals surface area (Å²) in [6, 6.07) is 2.82. The molecule has 5 nitrogen and oxygen atoms in total. The zero-order valence-electron chi connectivity index (χ0n) is 9.30. The van der Waals surface area contributed by atoms with Gasteiger partial charge in [0.05, 0.1) is 5.56 Å². The Morgan fingerprint density at radius 2 is 1.94 bits per heavy atom. The minimum Gasteiger partial charge on any atom is -0.477 e. The second-order valence-electron chi connectivity index (χ2n) is 3.21. The molecule has 0 aliphatic heterocycles. The molecule has 86 valence electrons. The average molecular weight is 222 g/mol. The molecule has 0 aromatic carbocycles. The van der Waals surface area contributed by atoms with Gasteiger partial charge in [0, 0.05) is 19.3 Å². The molecular formula is C11H14N2O3. The number of carboxylic acids is 1. The summed E-state index contributed by atoms with van der Waals surface area (Å²) in [4.78, 5) is 27.8. The van der Waals surface area contributed by atoms with E-state index in [9.17, 15) is 9.59 Å². The standard InChI is InChI=1S/C11H14N2O3/c1-3-13(4-2)10(14)8-5-6-9(11(15)16)12-7-8/h5-7H,3-4H2,1-2H3,(H,15,16). The van der Waals surface area contributed by atoms with Crippen LogP contribution in [-0.2, 0) is 0 Å². The van der Waals surface area contributed by atoms with E-state index in [4.69, 9.17) is 5.11 Å². The molecule has 0 fully saturated rings. The van der Waals surface area contributed by atoms with Crippen LogP contribution in [0.5, 0.6) is 0 Å². The van der Waals surface area contributed by atoms with E-state index >= 15 is 0 Å². The number of hydrogen-bond donors (Lipinski definition) is 1. The van der Waals surface area contributed by atoms with Crippen molar-refractivity contribution in [2.45, 2.75) is 13.8 Å². The first-order valence-electron chi connectivity index (χ1n) is 5.08. The highest BCUT2D eigenvalue weighted by molar-refractivity contribution is 5.94. The van der Waals surface area contributed by atoms with Gasteiger partial charge < -0.3 is 10.0 Å². The van der Waals surface area contributed by atoms with Crippen LogP contribution in [0.1, 0.15) is 34.7 Å². The summed E-state index contributed by atoms with van der Waals surface area (Å²) >= 11 is 0. The molecule has 0 unspecified atom stereocenters. The molecule has 0 atom stereocenters. The quantitative estimate of drug-likeness (QED) is 0.832. The second-order valence-corrected chi connectivity index (χ2v) is 3.21. The molecule has 0 aliphatic rings. The molecule has 5 heteroatoms. The lowest BCUT2D eigenvalue weighted by Gasteiger charge is -2.18. The Kier molecular flexibility index (Phi) is 3.99. The van der Waals surface area contributed by atoms with E-state index < -0.39 is 5.97 Å². The zero-order chi connectivity index (χ0) is 12.1. The van der Waals surface area contributed by atoms with Crippen molar-refractivity contribution in [3.8, 4) is 0 Å². The van der Waals surface area contributed by atoms with Crippen LogP contribution < -0.4 is 0 Å². The fourth-order valence-corrected chi connectivity index (χ4v) is 1.34. The van der Waals surface area contributed by atoms with Gasteiger partial charge in [0.2, 0.25) is 0 Å². The first kappa shape index (κ1) is 12.2. The maximum Gasteiger partial charge on any atom is 0.354 e. The minimum absolute atomic E-state index is 0.0592. The predicted molar refractivity (Wildman–Crippen MR) is 58.4 cm³/mol. The normalized spacial score (nSPS) is 9.88. The zero-order valence-corrected chi connectivity index (χ0v) is 9.30. The van der Waals surface area contributed by atoms with Gasteiger partial charge in [-0.05, 0) is 26.0 Å². The molecular weight excluding hydrogens is 208 g/mol. The van der Waals surface area contributed by atoms with Crippen molar-refractivity contribution in [3.05, 3.63) is 29.6 Å². The topological polar surface area (TPSA) is 70.5 Å². The van der Waals surface area contributed by atoms with E-state index in [2.05, 4.69) is 4.98 Å². The Hall–Kier alpha value is -1.91. The highest BCUT2D eigenvalue weighted by atomic mass is 16.4. The molecule has 0 aliphatic carbocycles. The van der Waals surface area contributed by atoms with Gasteiger partial charge in [0.1, 0.15) is 5.69 Å². The molecule has 0 saturated heterocycles. The van der Waals surface area contributed by atoms with Crippen LogP contribution in [0.3, 0.4) is 0 Å². The third kappa shape index (κ3) is 2.56. The first-order chi connectivity index (χ1) is 7.60. The third-order valence-electron chi connectivity index (χ3n) is 2.28. The van der Waals surface area contributed by atoms with Gasteiger partial charge in [-0.3, -0.25) is 4.79 Å². The Bertz CT molecular complexity index is 383. The molecule has 1 rings (SSSR count). The smallest absolute Gasteiger partial charge is 0.354 e. The van der Waals surface area contributed by atoms with Gasteiger partial charge >= 0.3 is 5.97 Å². The van der Waals surface area contributed by atoms with Gasteiger partial charge in [-0.25, -0.2) is 9.78 Å². The number of carbonyl (C=O) groups excluding carboxylic acids is 1. The fraction of sp³-hybridized carbons (Fsp3) is 0.364. The van der Waals surface area contributed by atoms with Crippen molar-refractivity contribution in [1.82, 2.24) is 9.88 Å². The molecule has 1 N–H and O–H groups in total. The molecule has 1 aromatic heterocycles. The summed E-state index contributed by atoms with van der Waals surface area (Å²) in [5.41, 5.74) is 0.352. The van der Waals surface area contributed by atoms with E-state index in [1.165, 1.54) is 18.3 Å². The summed E-state index contributed by atoms with van der Waals surface area (Å²) in [5, 5.41) is 8.66. The van der Waals surface area contributed by atoms with Crippen molar-refractivity contribution in [3.63, 3.8) is 0 Å². The fourth-order valence-electron chi connectivity index (χ4n) is 1.34. The van der Waals surface area contributed by atoms with Crippen molar-refractivity contribution in [2.24, 2.45) is 0 Å². The molecule has 0 radical (unpaired) electrons. The number of nitrogens with zero attached hydrogens (tertiary/aromatic N) is 2. The minimum atomic E-state index is -1.10. The van der Waals surface area contributed by atoms with Crippen LogP contribution in [0.15, 0.2) is 18.3 Å². The largest absolute Gasteiger partial charge is 0.477 e. The van der Waals surface area contributed by atoms with Crippen LogP contribution in [0.2, 0.25) is 0 Å². The van der Waals surface area contributed by atoms with E-state index in [1.807, 2.05) is 13.8 Å². The summed E-state index contributed by atoms with van der Waals surface area (Å²) in [5.74, 6) is -1.23. The predicted octanol–water partition coefficient (Wildman–Crippen LogP) is 1.26. The van der Waals surface area contributed by atoms with Crippen molar-refractivity contribution in [1.29, 1.82) is 0 Å². The van der Waals surface area contributed by atoms with E-state index in [0.717, 1.165) is 0 Å². The second kappa shape index (κ2) is 5.25. The molecule has 0 saturated carbocycles. The molecule has 1 amide bonds. The van der Waals surface area contributed by atoms with E-state index in [-0.39, 0.29) is 11.6 Å². The molecule has 0 bridgehead atoms. The number of aromatic nitrogens is 1. The molecule has 16 heavy (non-hydrogen) atoms. The number of carbonyl (C=O) groups is 2. The number of carboxylic acid groups (broad SMARTS) is 1. The Morgan fingerprint density at radius 1 is 1.31 bits per heavy atom. The van der Waals surface area contributed by atoms with Gasteiger partial charge in [-0.1, -0.05) is 0 Å². The van der Waals surface area contributed by atoms with Gasteiger partial charge in [-0.15, -0.1) is 0 Å². The SMILES string of the molecule is CCN(CC)C(=O)c1ccc(C(=O)O)nc1. The van der Waals surface area contributed by atoms with Crippen LogP contribution in [0, 0.1) is 0 Å². The van der Waals surface area contributed by atoms with Crippen LogP contribution in [0.4, 0.5) is 0 Å². The number of amides is 1. The van der Waals surface area contributed by atoms with Gasteiger partial charge in [-0.2, -0.15) is 0 Å². The number of hydrogen-bond acceptors (Lipinski definition) is 3. The van der Waals surface area contributed by atoms with Crippen LogP contribution in [-0.4, -0.2) is 40.0 Å². The summed E-state index contributed by atoms with van der Waals surface area (Å²) in [6.07, 6.45) is 1.30. The molecule has 1 aromatic rings. The summed E-state index contributed by atoms with van der Waals surface area (Å²) in [6.45, 7) is 5.02. The number of rotatable bonds is 4. The highest BCUT2D eigenvalue weighted by Crippen LogP contribution is 2.05. The summed E-state index contributed by atoms with van der Waals surface area (Å²) in [7, 11) is 0. The first-order valence-corrected chi connectivity index (χ1v) is 5.08. The van der Waals surface area contributed by atoms with E-state index in [1.54, 1.807) is 4.90 Å². The Balaban J connectivity index is 2.89. The van der Waals surface area contributed by atoms with Crippen molar-refractivity contribution >= 4 is 11.9 Å². The van der Waals surface area contributed by atoms with Gasteiger partial charge in [0.15, 0.2) is 0 Å². The van der Waals surface area contributed by atoms with Crippen molar-refractivity contribution in [2.75, 3.05) is 13.1 Å². The Morgan fingerprint density at radius 3 is 2.31 bits per heavy atom. The van der Waals surface area contributed by atoms with E-state index in [0.29, 0.717) is 18.7 Å². The number of pyridine rings is 1. The summed E-state index contributed by atoms with van der Waals surface area (Å²) < 4.78 is 0. The average Bonchev–Trinajstić information content (AvgIpc) is 2.30. The lowest BCUT2D eigenvalue weighted by molar-refractivity contribution is 0.0687. The third-order valence-corrected chi connectivity index (χ3v) is 2.28. The Labute approximate surface area is 93.7 Å². The highest BCUT2D eigenvalue weighted by Gasteiger charge is 2.13. The van der Waals surface area contributed by atoms with Crippen LogP contribution >= 0.6 is 0 Å². The van der Waals surface area contributed by atoms with Crippen LogP contribution in [0.25, 0.3) is 0 Å². The maximum absolute atomic E-state index is 11.8. The monoisotopic (exact) mass is 222 g/mol. The number of aromatic carboxylic acids is 1. The lowest BCUT2D eigenvalue weighted by atomic mass is 10.2. The molecule has 1 heterocycles. The molecule has 0 spiro atoms.